The van der Waals surface area contributed by atoms with E-state index in [0.717, 1.165) is 34.0 Å². The van der Waals surface area contributed by atoms with E-state index in [1.165, 1.54) is 16.9 Å². The zero-order valence-electron chi connectivity index (χ0n) is 15.1. The molecule has 0 spiro atoms. The fraction of sp³-hybridized carbons (Fsp3) is 0.368. The van der Waals surface area contributed by atoms with E-state index in [1.54, 1.807) is 0 Å². The van der Waals surface area contributed by atoms with E-state index < -0.39 is 0 Å². The number of aryl methyl sites for hydroxylation is 2. The van der Waals surface area contributed by atoms with E-state index in [2.05, 4.69) is 23.6 Å². The van der Waals surface area contributed by atoms with Gasteiger partial charge in [0.15, 0.2) is 5.11 Å². The standard InChI is InChI=1S/C19H24N2O2S2/c1-5-13-10-8-9-11-15(13)20-19(24)21-17-16(18(22)23-7-3)14(6-2)12(4)25-17/h8-11H,5-7H2,1-4H3,(H2,20,21,24). The molecule has 0 aliphatic rings. The number of ether oxygens (including phenoxy) is 1. The predicted molar refractivity (Wildman–Crippen MR) is 110 cm³/mol. The maximum Gasteiger partial charge on any atom is 0.341 e. The molecule has 0 saturated carbocycles. The summed E-state index contributed by atoms with van der Waals surface area (Å²) in [7, 11) is 0. The highest BCUT2D eigenvalue weighted by Gasteiger charge is 2.22. The molecule has 0 saturated heterocycles. The van der Waals surface area contributed by atoms with Crippen molar-refractivity contribution in [3.8, 4) is 0 Å². The molecule has 0 amide bonds. The molecule has 134 valence electrons. The topological polar surface area (TPSA) is 50.4 Å². The van der Waals surface area contributed by atoms with Crippen molar-refractivity contribution >= 4 is 45.3 Å². The van der Waals surface area contributed by atoms with Gasteiger partial charge >= 0.3 is 5.97 Å². The normalized spacial score (nSPS) is 10.4. The number of nitrogens with one attached hydrogen (secondary N) is 2. The van der Waals surface area contributed by atoms with Crippen LogP contribution in [0.15, 0.2) is 24.3 Å². The average molecular weight is 377 g/mol. The molecule has 2 aromatic rings. The average Bonchev–Trinajstić information content (AvgIpc) is 2.90. The minimum atomic E-state index is -0.303. The smallest absolute Gasteiger partial charge is 0.341 e. The van der Waals surface area contributed by atoms with Crippen molar-refractivity contribution in [2.45, 2.75) is 40.5 Å². The Kier molecular flexibility index (Phi) is 6.96. The molecule has 0 aliphatic heterocycles. The summed E-state index contributed by atoms with van der Waals surface area (Å²) in [4.78, 5) is 13.5. The summed E-state index contributed by atoms with van der Waals surface area (Å²) in [6.07, 6.45) is 1.69. The van der Waals surface area contributed by atoms with Crippen LogP contribution in [0.25, 0.3) is 0 Å². The molecule has 4 nitrogen and oxygen atoms in total. The Morgan fingerprint density at radius 2 is 1.88 bits per heavy atom. The molecule has 0 aliphatic carbocycles. The summed E-state index contributed by atoms with van der Waals surface area (Å²) in [5.41, 5.74) is 3.78. The summed E-state index contributed by atoms with van der Waals surface area (Å²) >= 11 is 6.99. The summed E-state index contributed by atoms with van der Waals surface area (Å²) in [6, 6.07) is 8.05. The van der Waals surface area contributed by atoms with Crippen LogP contribution in [-0.4, -0.2) is 17.7 Å². The van der Waals surface area contributed by atoms with Gasteiger partial charge < -0.3 is 15.4 Å². The molecule has 2 rings (SSSR count). The van der Waals surface area contributed by atoms with Crippen molar-refractivity contribution in [1.82, 2.24) is 0 Å². The number of esters is 1. The SMILES string of the molecule is CCOC(=O)c1c(NC(=S)Nc2ccccc2CC)sc(C)c1CC. The van der Waals surface area contributed by atoms with Crippen molar-refractivity contribution < 1.29 is 9.53 Å². The van der Waals surface area contributed by atoms with Crippen molar-refractivity contribution in [3.05, 3.63) is 45.8 Å². The molecule has 1 heterocycles. The maximum atomic E-state index is 12.4. The number of carbonyl (C=O) groups excluding carboxylic acids is 1. The Balaban J connectivity index is 2.24. The first-order chi connectivity index (χ1) is 12.0. The van der Waals surface area contributed by atoms with Crippen LogP contribution in [0, 0.1) is 6.92 Å². The number of carbonyl (C=O) groups is 1. The highest BCUT2D eigenvalue weighted by atomic mass is 32.1. The first kappa shape index (κ1) is 19.4. The van der Waals surface area contributed by atoms with Crippen LogP contribution in [-0.2, 0) is 17.6 Å². The molecule has 0 unspecified atom stereocenters. The molecule has 0 bridgehead atoms. The summed E-state index contributed by atoms with van der Waals surface area (Å²) in [5, 5.41) is 7.62. The van der Waals surface area contributed by atoms with E-state index >= 15 is 0 Å². The van der Waals surface area contributed by atoms with Crippen LogP contribution in [0.2, 0.25) is 0 Å². The lowest BCUT2D eigenvalue weighted by atomic mass is 10.1. The predicted octanol–water partition coefficient (Wildman–Crippen LogP) is 5.17. The minimum absolute atomic E-state index is 0.303. The van der Waals surface area contributed by atoms with Gasteiger partial charge in [0.2, 0.25) is 0 Å². The third-order valence-electron chi connectivity index (χ3n) is 3.92. The van der Waals surface area contributed by atoms with Gasteiger partial charge in [0, 0.05) is 10.6 Å². The van der Waals surface area contributed by atoms with E-state index in [9.17, 15) is 4.79 Å². The summed E-state index contributed by atoms with van der Waals surface area (Å²) in [5.74, 6) is -0.303. The van der Waals surface area contributed by atoms with Gasteiger partial charge in [-0.1, -0.05) is 32.0 Å². The van der Waals surface area contributed by atoms with Crippen LogP contribution in [0.3, 0.4) is 0 Å². The first-order valence-electron chi connectivity index (χ1n) is 8.47. The molecule has 25 heavy (non-hydrogen) atoms. The molecule has 1 aromatic carbocycles. The fourth-order valence-corrected chi connectivity index (χ4v) is 4.13. The molecule has 0 atom stereocenters. The third kappa shape index (κ3) is 4.58. The Labute approximate surface area is 158 Å². The molecule has 2 N–H and O–H groups in total. The quantitative estimate of drug-likeness (QED) is 0.538. The maximum absolute atomic E-state index is 12.4. The Hall–Kier alpha value is -1.92. The monoisotopic (exact) mass is 376 g/mol. The molecular formula is C19H24N2O2S2. The van der Waals surface area contributed by atoms with Crippen LogP contribution in [0.5, 0.6) is 0 Å². The van der Waals surface area contributed by atoms with Crippen molar-refractivity contribution in [2.75, 3.05) is 17.2 Å². The number of anilines is 2. The van der Waals surface area contributed by atoms with Gasteiger partial charge in [0.25, 0.3) is 0 Å². The number of para-hydroxylation sites is 1. The highest BCUT2D eigenvalue weighted by molar-refractivity contribution is 7.80. The van der Waals surface area contributed by atoms with Gasteiger partial charge in [-0.2, -0.15) is 0 Å². The number of thiophene rings is 1. The first-order valence-corrected chi connectivity index (χ1v) is 9.69. The van der Waals surface area contributed by atoms with Gasteiger partial charge in [0.05, 0.1) is 12.2 Å². The Morgan fingerprint density at radius 3 is 2.52 bits per heavy atom. The van der Waals surface area contributed by atoms with E-state index in [0.29, 0.717) is 17.3 Å². The van der Waals surface area contributed by atoms with Crippen LogP contribution in [0.1, 0.15) is 47.1 Å². The number of hydrogen-bond acceptors (Lipinski definition) is 4. The molecule has 6 heteroatoms. The second-order valence-corrected chi connectivity index (χ2v) is 7.14. The second kappa shape index (κ2) is 8.97. The van der Waals surface area contributed by atoms with E-state index in [4.69, 9.17) is 17.0 Å². The van der Waals surface area contributed by atoms with Crippen LogP contribution in [0.4, 0.5) is 10.7 Å². The summed E-state index contributed by atoms with van der Waals surface area (Å²) in [6.45, 7) is 8.31. The molecule has 0 radical (unpaired) electrons. The number of thiocarbonyl (C=S) groups is 1. The molecule has 1 aromatic heterocycles. The number of benzene rings is 1. The Bertz CT molecular complexity index is 769. The van der Waals surface area contributed by atoms with Crippen molar-refractivity contribution in [2.24, 2.45) is 0 Å². The highest BCUT2D eigenvalue weighted by Crippen LogP contribution is 2.34. The van der Waals surface area contributed by atoms with Crippen LogP contribution < -0.4 is 10.6 Å². The molecular weight excluding hydrogens is 352 g/mol. The largest absolute Gasteiger partial charge is 0.462 e. The Morgan fingerprint density at radius 1 is 1.16 bits per heavy atom. The van der Waals surface area contributed by atoms with Crippen molar-refractivity contribution in [1.29, 1.82) is 0 Å². The van der Waals surface area contributed by atoms with Crippen molar-refractivity contribution in [3.63, 3.8) is 0 Å². The van der Waals surface area contributed by atoms with Gasteiger partial charge in [0.1, 0.15) is 5.00 Å². The lowest BCUT2D eigenvalue weighted by molar-refractivity contribution is 0.0527. The van der Waals surface area contributed by atoms with E-state index in [1.807, 2.05) is 39.0 Å². The van der Waals surface area contributed by atoms with Crippen LogP contribution >= 0.6 is 23.6 Å². The lowest BCUT2D eigenvalue weighted by Gasteiger charge is -2.13. The molecule has 0 fully saturated rings. The van der Waals surface area contributed by atoms with Gasteiger partial charge in [-0.15, -0.1) is 11.3 Å². The fourth-order valence-electron chi connectivity index (χ4n) is 2.72. The number of rotatable bonds is 6. The van der Waals surface area contributed by atoms with Gasteiger partial charge in [-0.25, -0.2) is 4.79 Å². The third-order valence-corrected chi connectivity index (χ3v) is 5.18. The van der Waals surface area contributed by atoms with Gasteiger partial charge in [-0.05, 0) is 56.1 Å². The lowest BCUT2D eigenvalue weighted by Crippen LogP contribution is -2.21. The van der Waals surface area contributed by atoms with Gasteiger partial charge in [-0.3, -0.25) is 0 Å². The minimum Gasteiger partial charge on any atom is -0.462 e. The van der Waals surface area contributed by atoms with E-state index in [-0.39, 0.29) is 5.97 Å². The number of hydrogen-bond donors (Lipinski definition) is 2. The second-order valence-electron chi connectivity index (χ2n) is 5.50. The zero-order valence-corrected chi connectivity index (χ0v) is 16.7. The zero-order chi connectivity index (χ0) is 18.4. The summed E-state index contributed by atoms with van der Waals surface area (Å²) < 4.78 is 5.22.